The van der Waals surface area contributed by atoms with Gasteiger partial charge in [-0.2, -0.15) is 5.26 Å². The van der Waals surface area contributed by atoms with Crippen molar-refractivity contribution in [1.29, 1.82) is 5.26 Å². The molecule has 0 bridgehead atoms. The van der Waals surface area contributed by atoms with Gasteiger partial charge in [0.05, 0.1) is 28.5 Å². The second-order valence-electron chi connectivity index (χ2n) is 3.34. The maximum absolute atomic E-state index is 13.1. The smallest absolute Gasteiger partial charge is 0.295 e. The number of nitro groups is 1. The molecule has 0 aliphatic carbocycles. The van der Waals surface area contributed by atoms with Crippen molar-refractivity contribution in [2.24, 2.45) is 0 Å². The van der Waals surface area contributed by atoms with Gasteiger partial charge < -0.3 is 4.90 Å². The normalized spacial score (nSPS) is 9.76. The molecule has 1 rings (SSSR count). The van der Waals surface area contributed by atoms with Gasteiger partial charge in [0.15, 0.2) is 0 Å². The molecule has 0 aliphatic rings. The Balaban J connectivity index is 3.17. The maximum atomic E-state index is 13.1. The Bertz CT molecular complexity index is 487. The van der Waals surface area contributed by atoms with Crippen LogP contribution in [0.2, 0.25) is 5.02 Å². The second kappa shape index (κ2) is 5.46. The Morgan fingerprint density at radius 3 is 2.82 bits per heavy atom. The molecule has 17 heavy (non-hydrogen) atoms. The molecular formula is C10H9ClFN3O2. The fourth-order valence-corrected chi connectivity index (χ4v) is 1.47. The zero-order valence-electron chi connectivity index (χ0n) is 8.98. The SMILES string of the molecule is CN(CCC#N)c1cc(Cl)c(F)cc1[N+](=O)[O-]. The highest BCUT2D eigenvalue weighted by Crippen LogP contribution is 2.32. The molecule has 0 N–H and O–H groups in total. The lowest BCUT2D eigenvalue weighted by Crippen LogP contribution is -2.19. The topological polar surface area (TPSA) is 70.2 Å². The van der Waals surface area contributed by atoms with Gasteiger partial charge in [0.2, 0.25) is 0 Å². The van der Waals surface area contributed by atoms with Gasteiger partial charge >= 0.3 is 0 Å². The van der Waals surface area contributed by atoms with Crippen LogP contribution in [-0.2, 0) is 0 Å². The number of nitriles is 1. The van der Waals surface area contributed by atoms with Crippen molar-refractivity contribution in [3.8, 4) is 6.07 Å². The zero-order valence-corrected chi connectivity index (χ0v) is 9.74. The number of anilines is 1. The van der Waals surface area contributed by atoms with Crippen molar-refractivity contribution in [1.82, 2.24) is 0 Å². The molecule has 0 atom stereocenters. The van der Waals surface area contributed by atoms with E-state index in [1.54, 1.807) is 7.05 Å². The molecule has 0 aliphatic heterocycles. The molecule has 0 saturated carbocycles. The Labute approximate surface area is 102 Å². The summed E-state index contributed by atoms with van der Waals surface area (Å²) >= 11 is 5.58. The lowest BCUT2D eigenvalue weighted by atomic mass is 10.2. The van der Waals surface area contributed by atoms with Gasteiger partial charge in [-0.3, -0.25) is 10.1 Å². The third-order valence-corrected chi connectivity index (χ3v) is 2.47. The molecule has 0 spiro atoms. The number of nitrogens with zero attached hydrogens (tertiary/aromatic N) is 3. The van der Waals surface area contributed by atoms with Crippen LogP contribution in [0.5, 0.6) is 0 Å². The largest absolute Gasteiger partial charge is 0.368 e. The molecule has 90 valence electrons. The summed E-state index contributed by atoms with van der Waals surface area (Å²) in [6.45, 7) is 0.305. The summed E-state index contributed by atoms with van der Waals surface area (Å²) in [6.07, 6.45) is 0.211. The van der Waals surface area contributed by atoms with E-state index in [4.69, 9.17) is 16.9 Å². The van der Waals surface area contributed by atoms with Crippen LogP contribution in [0.25, 0.3) is 0 Å². The van der Waals surface area contributed by atoms with Crippen LogP contribution < -0.4 is 4.90 Å². The summed E-state index contributed by atoms with van der Waals surface area (Å²) in [5.41, 5.74) is -0.177. The van der Waals surface area contributed by atoms with Gasteiger partial charge in [0.1, 0.15) is 11.5 Å². The van der Waals surface area contributed by atoms with Gasteiger partial charge in [-0.05, 0) is 6.07 Å². The van der Waals surface area contributed by atoms with Crippen LogP contribution in [-0.4, -0.2) is 18.5 Å². The number of benzene rings is 1. The lowest BCUT2D eigenvalue weighted by Gasteiger charge is -2.17. The Hall–Kier alpha value is -1.87. The van der Waals surface area contributed by atoms with E-state index in [-0.39, 0.29) is 22.8 Å². The van der Waals surface area contributed by atoms with Crippen LogP contribution in [0.4, 0.5) is 15.8 Å². The molecule has 0 saturated heterocycles. The highest BCUT2D eigenvalue weighted by molar-refractivity contribution is 6.31. The molecule has 0 unspecified atom stereocenters. The predicted molar refractivity (Wildman–Crippen MR) is 61.6 cm³/mol. The summed E-state index contributed by atoms with van der Waals surface area (Å²) < 4.78 is 13.1. The van der Waals surface area contributed by atoms with Crippen LogP contribution in [0.15, 0.2) is 12.1 Å². The van der Waals surface area contributed by atoms with E-state index < -0.39 is 10.7 Å². The van der Waals surface area contributed by atoms with E-state index in [9.17, 15) is 14.5 Å². The maximum Gasteiger partial charge on any atom is 0.295 e. The Kier molecular flexibility index (Phi) is 4.24. The molecule has 0 amide bonds. The van der Waals surface area contributed by atoms with E-state index in [2.05, 4.69) is 0 Å². The average molecular weight is 258 g/mol. The molecule has 0 aromatic heterocycles. The minimum Gasteiger partial charge on any atom is -0.368 e. The molecule has 7 heteroatoms. The van der Waals surface area contributed by atoms with Crippen molar-refractivity contribution in [3.05, 3.63) is 33.1 Å². The summed E-state index contributed by atoms with van der Waals surface area (Å²) in [6, 6.07) is 3.89. The zero-order chi connectivity index (χ0) is 13.0. The van der Waals surface area contributed by atoms with Crippen molar-refractivity contribution >= 4 is 23.0 Å². The van der Waals surface area contributed by atoms with Crippen molar-refractivity contribution in [3.63, 3.8) is 0 Å². The van der Waals surface area contributed by atoms with Crippen LogP contribution >= 0.6 is 11.6 Å². The highest BCUT2D eigenvalue weighted by atomic mass is 35.5. The molecule has 0 heterocycles. The molecule has 1 aromatic rings. The monoisotopic (exact) mass is 257 g/mol. The summed E-state index contributed by atoms with van der Waals surface area (Å²) in [5.74, 6) is -0.837. The fourth-order valence-electron chi connectivity index (χ4n) is 1.32. The standard InChI is InChI=1S/C10H9ClFN3O2/c1-14(4-2-3-13)9-5-7(11)8(12)6-10(9)15(16)17/h5-6H,2,4H2,1H3. The number of hydrogen-bond acceptors (Lipinski definition) is 4. The van der Waals surface area contributed by atoms with E-state index in [0.717, 1.165) is 6.07 Å². The second-order valence-corrected chi connectivity index (χ2v) is 3.75. The number of nitro benzene ring substituents is 1. The molecular weight excluding hydrogens is 249 g/mol. The first-order valence-corrected chi connectivity index (χ1v) is 5.06. The summed E-state index contributed by atoms with van der Waals surface area (Å²) in [4.78, 5) is 11.6. The number of halogens is 2. The van der Waals surface area contributed by atoms with E-state index in [1.807, 2.05) is 6.07 Å². The van der Waals surface area contributed by atoms with Crippen molar-refractivity contribution < 1.29 is 9.31 Å². The van der Waals surface area contributed by atoms with E-state index >= 15 is 0 Å². The summed E-state index contributed by atoms with van der Waals surface area (Å²) in [7, 11) is 1.58. The molecule has 0 fully saturated rings. The van der Waals surface area contributed by atoms with E-state index in [1.165, 1.54) is 11.0 Å². The Morgan fingerprint density at radius 1 is 1.65 bits per heavy atom. The van der Waals surface area contributed by atoms with Gasteiger partial charge in [-0.1, -0.05) is 11.6 Å². The van der Waals surface area contributed by atoms with Crippen LogP contribution in [0.1, 0.15) is 6.42 Å². The van der Waals surface area contributed by atoms with Crippen molar-refractivity contribution in [2.75, 3.05) is 18.5 Å². The van der Waals surface area contributed by atoms with Gasteiger partial charge in [0, 0.05) is 13.6 Å². The first-order valence-electron chi connectivity index (χ1n) is 4.69. The minimum absolute atomic E-state index is 0.186. The van der Waals surface area contributed by atoms with Gasteiger partial charge in [-0.15, -0.1) is 0 Å². The van der Waals surface area contributed by atoms with Gasteiger partial charge in [0.25, 0.3) is 5.69 Å². The Morgan fingerprint density at radius 2 is 2.29 bits per heavy atom. The molecule has 5 nitrogen and oxygen atoms in total. The quantitative estimate of drug-likeness (QED) is 0.614. The molecule has 1 aromatic carbocycles. The fraction of sp³-hybridized carbons (Fsp3) is 0.300. The number of rotatable bonds is 4. The van der Waals surface area contributed by atoms with Crippen LogP contribution in [0.3, 0.4) is 0 Å². The van der Waals surface area contributed by atoms with Gasteiger partial charge in [-0.25, -0.2) is 4.39 Å². The summed E-state index contributed by atoms with van der Waals surface area (Å²) in [5, 5.41) is 19.0. The number of hydrogen-bond donors (Lipinski definition) is 0. The van der Waals surface area contributed by atoms with Crippen LogP contribution in [0, 0.1) is 27.3 Å². The third kappa shape index (κ3) is 3.04. The average Bonchev–Trinajstić information content (AvgIpc) is 2.28. The lowest BCUT2D eigenvalue weighted by molar-refractivity contribution is -0.384. The van der Waals surface area contributed by atoms with Crippen molar-refractivity contribution in [2.45, 2.75) is 6.42 Å². The minimum atomic E-state index is -0.837. The third-order valence-electron chi connectivity index (χ3n) is 2.18. The van der Waals surface area contributed by atoms with E-state index in [0.29, 0.717) is 6.54 Å². The first-order chi connectivity index (χ1) is 7.97. The molecule has 0 radical (unpaired) electrons. The highest BCUT2D eigenvalue weighted by Gasteiger charge is 2.20. The first kappa shape index (κ1) is 13.2. The predicted octanol–water partition coefficient (Wildman–Crippen LogP) is 2.74.